The smallest absolute Gasteiger partial charge is 0.329 e. The molecule has 4 aromatic carbocycles. The molecular formula is C56H62ClF4N9O7. The average Bonchev–Trinajstić information content (AvgIpc) is 4.09. The molecule has 1 saturated carbocycles. The maximum Gasteiger partial charge on any atom is 0.329 e. The molecule has 1 aliphatic carbocycles. The van der Waals surface area contributed by atoms with Crippen LogP contribution in [0.1, 0.15) is 104 Å². The number of nitrogens with one attached hydrogen (secondary N) is 3. The van der Waals surface area contributed by atoms with Crippen molar-refractivity contribution in [2.24, 2.45) is 24.6 Å². The molecule has 6 amide bonds. The zero-order chi connectivity index (χ0) is 54.4. The molecule has 3 saturated heterocycles. The number of imide groups is 1. The van der Waals surface area contributed by atoms with Crippen molar-refractivity contribution in [2.75, 3.05) is 64.4 Å². The van der Waals surface area contributed by atoms with Crippen LogP contribution in [0.25, 0.3) is 22.0 Å². The lowest BCUT2D eigenvalue weighted by molar-refractivity contribution is -0.138. The van der Waals surface area contributed by atoms with E-state index in [1.807, 2.05) is 42.2 Å². The van der Waals surface area contributed by atoms with Crippen molar-refractivity contribution in [1.29, 1.82) is 0 Å². The molecule has 16 nitrogen and oxygen atoms in total. The van der Waals surface area contributed by atoms with E-state index in [1.54, 1.807) is 7.05 Å². The highest BCUT2D eigenvalue weighted by Crippen LogP contribution is 2.57. The Bertz CT molecular complexity index is 3140. The number of benzene rings is 4. The van der Waals surface area contributed by atoms with E-state index in [4.69, 9.17) is 26.8 Å². The Balaban J connectivity index is 0.743. The van der Waals surface area contributed by atoms with Crippen LogP contribution < -0.4 is 36.1 Å². The number of likely N-dealkylation sites (N-methyl/N-ethyl adjacent to an activating group) is 1. The van der Waals surface area contributed by atoms with Gasteiger partial charge in [-0.05, 0) is 100 Å². The van der Waals surface area contributed by atoms with E-state index < -0.39 is 70.2 Å². The maximum atomic E-state index is 16.7. The molecule has 4 aliphatic heterocycles. The minimum atomic E-state index is -1.16. The van der Waals surface area contributed by atoms with E-state index in [-0.39, 0.29) is 93.8 Å². The van der Waals surface area contributed by atoms with Crippen molar-refractivity contribution < 1.29 is 51.0 Å². The molecule has 2 atom stereocenters. The number of nitrogens with two attached hydrogens (primary N) is 1. The number of hydrogen-bond donors (Lipinski definition) is 4. The van der Waals surface area contributed by atoms with E-state index in [0.717, 1.165) is 37.8 Å². The Morgan fingerprint density at radius 1 is 0.883 bits per heavy atom. The first-order valence-electron chi connectivity index (χ1n) is 26.4. The van der Waals surface area contributed by atoms with Gasteiger partial charge in [0.2, 0.25) is 17.7 Å². The Labute approximate surface area is 447 Å². The van der Waals surface area contributed by atoms with Crippen molar-refractivity contribution in [3.05, 3.63) is 105 Å². The normalized spacial score (nSPS) is 22.5. The topological polar surface area (TPSA) is 193 Å². The van der Waals surface area contributed by atoms with Crippen molar-refractivity contribution >= 4 is 58.0 Å². The number of fused-ring (bicyclic) bond motifs is 2. The summed E-state index contributed by atoms with van der Waals surface area (Å²) in [4.78, 5) is 68.7. The quantitative estimate of drug-likeness (QED) is 0.0799. The molecule has 4 fully saturated rings. The lowest BCUT2D eigenvalue weighted by Crippen LogP contribution is -2.49. The fourth-order valence-corrected chi connectivity index (χ4v) is 12.7. The van der Waals surface area contributed by atoms with Gasteiger partial charge in [-0.3, -0.25) is 34.1 Å². The van der Waals surface area contributed by atoms with Crippen LogP contribution in [-0.2, 0) is 27.0 Å². The number of ether oxygens (including phenoxy) is 2. The molecule has 77 heavy (non-hydrogen) atoms. The summed E-state index contributed by atoms with van der Waals surface area (Å²) in [5.41, 5.74) is 5.15. The first-order valence-corrected chi connectivity index (χ1v) is 26.8. The highest BCUT2D eigenvalue weighted by molar-refractivity contribution is 6.34. The number of aromatic nitrogens is 2. The summed E-state index contributed by atoms with van der Waals surface area (Å²) in [6, 6.07) is 13.6. The SMILES string of the molecule is CNC(=O)COc1ccc(C(N)=O)c(-c2c(Cl)c(F)cc3c2[C@H](C)[C@@](CNC2CCC(C(=O)N4CCC(CN5CCC(c6c(F)cc7c(N8CCC(=O)NC8=O)nn(C)c7c6F)CC5)CC4)CC2)(c2ccccc2)O3)c1F. The van der Waals surface area contributed by atoms with Gasteiger partial charge in [-0.1, -0.05) is 48.9 Å². The van der Waals surface area contributed by atoms with Crippen molar-refractivity contribution in [3.63, 3.8) is 0 Å². The van der Waals surface area contributed by atoms with Gasteiger partial charge in [-0.2, -0.15) is 5.10 Å². The van der Waals surface area contributed by atoms with Crippen LogP contribution in [0.5, 0.6) is 11.5 Å². The van der Waals surface area contributed by atoms with Gasteiger partial charge >= 0.3 is 6.03 Å². The van der Waals surface area contributed by atoms with Crippen LogP contribution >= 0.6 is 11.6 Å². The van der Waals surface area contributed by atoms with Crippen molar-refractivity contribution in [1.82, 2.24) is 35.5 Å². The van der Waals surface area contributed by atoms with Crippen LogP contribution in [0.15, 0.2) is 54.6 Å². The van der Waals surface area contributed by atoms with E-state index >= 15 is 17.6 Å². The molecular weight excluding hydrogens is 1020 g/mol. The lowest BCUT2D eigenvalue weighted by atomic mass is 9.77. The Kier molecular flexibility index (Phi) is 15.3. The fourth-order valence-electron chi connectivity index (χ4n) is 12.4. The van der Waals surface area contributed by atoms with Gasteiger partial charge < -0.3 is 35.6 Å². The van der Waals surface area contributed by atoms with Gasteiger partial charge in [0.25, 0.3) is 5.91 Å². The van der Waals surface area contributed by atoms with Crippen LogP contribution in [-0.4, -0.2) is 115 Å². The number of urea groups is 1. The number of nitrogens with zero attached hydrogens (tertiary/aromatic N) is 5. The second-order valence-corrected chi connectivity index (χ2v) is 21.5. The molecule has 5 N–H and O–H groups in total. The summed E-state index contributed by atoms with van der Waals surface area (Å²) in [5, 5.41) is 12.4. The standard InChI is InChI=1S/C56H62ClF4N9O7/c1-30-44-41(26-39(59)48(57)47(44)46-36(52(62)73)13-14-40(49(46)60)76-28-43(72)63-2)77-56(30,34-7-5-4-6-8-34)29-64-35-11-9-33(10-12-35)54(74)69-22-15-31(16-23-69)27-68-20-17-32(18-21-68)45-38(58)25-37-51(50(45)61)67(3)66-53(37)70-24-19-42(71)65-55(70)75/h4-8,13-14,25-26,30-33,35,64H,9-12,15-24,27-29H2,1-3H3,(H2,62,73)(H,63,72)(H,65,71,75)/t30-,33?,35?,56-/m0/s1. The molecule has 1 aromatic heterocycles. The molecule has 5 aliphatic rings. The molecule has 0 unspecified atom stereocenters. The largest absolute Gasteiger partial charge is 0.481 e. The maximum absolute atomic E-state index is 16.7. The lowest BCUT2D eigenvalue weighted by Gasteiger charge is -2.40. The Hall–Kier alpha value is -6.77. The number of halogens is 5. The van der Waals surface area contributed by atoms with Crippen molar-refractivity contribution in [3.8, 4) is 22.6 Å². The number of piperidine rings is 2. The van der Waals surface area contributed by atoms with Crippen LogP contribution in [0.2, 0.25) is 5.02 Å². The van der Waals surface area contributed by atoms with E-state index in [0.29, 0.717) is 63.3 Å². The number of rotatable bonds is 14. The first kappa shape index (κ1) is 53.6. The zero-order valence-corrected chi connectivity index (χ0v) is 43.9. The molecule has 0 spiro atoms. The highest BCUT2D eigenvalue weighted by atomic mass is 35.5. The van der Waals surface area contributed by atoms with Gasteiger partial charge in [0, 0.05) is 99.4 Å². The number of likely N-dealkylation sites (tertiary alicyclic amines) is 2. The number of carbonyl (C=O) groups is 5. The van der Waals surface area contributed by atoms with Crippen LogP contribution in [0, 0.1) is 35.1 Å². The molecule has 10 rings (SSSR count). The minimum absolute atomic E-state index is 0.0176. The number of primary amides is 1. The van der Waals surface area contributed by atoms with E-state index in [2.05, 4.69) is 25.9 Å². The van der Waals surface area contributed by atoms with E-state index in [1.165, 1.54) is 40.9 Å². The number of hydrogen-bond acceptors (Lipinski definition) is 10. The summed E-state index contributed by atoms with van der Waals surface area (Å²) in [7, 11) is 2.96. The van der Waals surface area contributed by atoms with Crippen LogP contribution in [0.3, 0.4) is 0 Å². The van der Waals surface area contributed by atoms with Crippen LogP contribution in [0.4, 0.5) is 28.2 Å². The van der Waals surface area contributed by atoms with Gasteiger partial charge in [-0.15, -0.1) is 0 Å². The molecule has 21 heteroatoms. The van der Waals surface area contributed by atoms with E-state index in [9.17, 15) is 24.0 Å². The molecule has 0 radical (unpaired) electrons. The molecule has 5 aromatic rings. The molecule has 5 heterocycles. The summed E-state index contributed by atoms with van der Waals surface area (Å²) in [6.07, 6.45) is 5.76. The second kappa shape index (κ2) is 21.9. The zero-order valence-electron chi connectivity index (χ0n) is 43.2. The third-order valence-electron chi connectivity index (χ3n) is 16.7. The minimum Gasteiger partial charge on any atom is -0.481 e. The van der Waals surface area contributed by atoms with Gasteiger partial charge in [-0.25, -0.2) is 22.4 Å². The predicted octanol–water partition coefficient (Wildman–Crippen LogP) is 7.78. The van der Waals surface area contributed by atoms with Gasteiger partial charge in [0.1, 0.15) is 22.9 Å². The Morgan fingerprint density at radius 2 is 1.60 bits per heavy atom. The highest BCUT2D eigenvalue weighted by Gasteiger charge is 2.50. The summed E-state index contributed by atoms with van der Waals surface area (Å²) in [5.74, 6) is -5.89. The monoisotopic (exact) mass is 1080 g/mol. The van der Waals surface area contributed by atoms with Crippen molar-refractivity contribution in [2.45, 2.75) is 88.2 Å². The predicted molar refractivity (Wildman–Crippen MR) is 280 cm³/mol. The third-order valence-corrected chi connectivity index (χ3v) is 17.1. The average molecular weight is 1080 g/mol. The number of anilines is 1. The number of carbonyl (C=O) groups excluding carboxylic acids is 5. The summed E-state index contributed by atoms with van der Waals surface area (Å²) >= 11 is 6.74. The summed E-state index contributed by atoms with van der Waals surface area (Å²) < 4.78 is 78.3. The van der Waals surface area contributed by atoms with Gasteiger partial charge in [0.15, 0.2) is 35.4 Å². The molecule has 0 bridgehead atoms. The van der Waals surface area contributed by atoms with Gasteiger partial charge in [0.05, 0.1) is 16.0 Å². The second-order valence-electron chi connectivity index (χ2n) is 21.1. The molecule has 408 valence electrons. The fraction of sp³-hybridized carbons (Fsp3) is 0.464. The Morgan fingerprint density at radius 3 is 2.27 bits per heavy atom. The summed E-state index contributed by atoms with van der Waals surface area (Å²) in [6.45, 7) is 5.20. The number of aryl methyl sites for hydroxylation is 1. The first-order chi connectivity index (χ1) is 37.0. The number of amides is 6. The third kappa shape index (κ3) is 10.2.